The van der Waals surface area contributed by atoms with Crippen LogP contribution in [0.15, 0.2) is 35.9 Å². The predicted octanol–water partition coefficient (Wildman–Crippen LogP) is 3.49. The second-order valence-corrected chi connectivity index (χ2v) is 4.38. The van der Waals surface area contributed by atoms with Gasteiger partial charge in [0, 0.05) is 12.0 Å². The maximum atomic E-state index is 13.7. The van der Waals surface area contributed by atoms with Crippen LogP contribution in [0.4, 0.5) is 4.39 Å². The number of hydrogen-bond donors (Lipinski definition) is 1. The van der Waals surface area contributed by atoms with Crippen molar-refractivity contribution in [2.45, 2.75) is 31.6 Å². The molecule has 0 heterocycles. The van der Waals surface area contributed by atoms with Crippen molar-refractivity contribution in [2.24, 2.45) is 0 Å². The van der Waals surface area contributed by atoms with E-state index in [0.717, 1.165) is 31.3 Å². The van der Waals surface area contributed by atoms with E-state index in [-0.39, 0.29) is 11.7 Å². The fourth-order valence-corrected chi connectivity index (χ4v) is 2.48. The van der Waals surface area contributed by atoms with Crippen molar-refractivity contribution < 1.29 is 14.3 Å². The van der Waals surface area contributed by atoms with Gasteiger partial charge in [0.2, 0.25) is 0 Å². The van der Waals surface area contributed by atoms with E-state index < -0.39 is 5.97 Å². The maximum absolute atomic E-state index is 13.7. The molecule has 1 saturated carbocycles. The van der Waals surface area contributed by atoms with E-state index in [4.69, 9.17) is 5.11 Å². The third-order valence-corrected chi connectivity index (χ3v) is 3.25. The Kier molecular flexibility index (Phi) is 3.57. The minimum absolute atomic E-state index is 0.0685. The summed E-state index contributed by atoms with van der Waals surface area (Å²) >= 11 is 0. The van der Waals surface area contributed by atoms with Crippen LogP contribution in [0.5, 0.6) is 0 Å². The average Bonchev–Trinajstić information content (AvgIpc) is 2.30. The number of hydrogen-bond acceptors (Lipinski definition) is 1. The van der Waals surface area contributed by atoms with Crippen LogP contribution in [0.2, 0.25) is 0 Å². The molecule has 2 rings (SSSR count). The summed E-state index contributed by atoms with van der Waals surface area (Å²) in [5, 5.41) is 8.83. The molecule has 0 aromatic heterocycles. The molecule has 0 aliphatic heterocycles. The largest absolute Gasteiger partial charge is 0.478 e. The summed E-state index contributed by atoms with van der Waals surface area (Å²) in [5.74, 6) is -1.25. The topological polar surface area (TPSA) is 37.3 Å². The lowest BCUT2D eigenvalue weighted by atomic mass is 9.79. The highest BCUT2D eigenvalue weighted by Gasteiger charge is 2.23. The minimum atomic E-state index is -0.941. The molecule has 0 radical (unpaired) electrons. The highest BCUT2D eigenvalue weighted by Crippen LogP contribution is 2.38. The smallest absolute Gasteiger partial charge is 0.328 e. The molecule has 0 amide bonds. The van der Waals surface area contributed by atoms with Crippen LogP contribution >= 0.6 is 0 Å². The number of carboxylic acids is 1. The fraction of sp³-hybridized carbons (Fsp3) is 0.357. The molecule has 1 aliphatic carbocycles. The van der Waals surface area contributed by atoms with Gasteiger partial charge in [-0.3, -0.25) is 0 Å². The molecule has 1 aromatic rings. The lowest BCUT2D eigenvalue weighted by Gasteiger charge is -2.25. The van der Waals surface area contributed by atoms with E-state index in [2.05, 4.69) is 0 Å². The Labute approximate surface area is 99.8 Å². The van der Waals surface area contributed by atoms with Crippen LogP contribution in [0.3, 0.4) is 0 Å². The molecule has 2 nitrogen and oxygen atoms in total. The summed E-state index contributed by atoms with van der Waals surface area (Å²) in [4.78, 5) is 10.8. The number of benzene rings is 1. The summed E-state index contributed by atoms with van der Waals surface area (Å²) < 4.78 is 13.7. The molecular formula is C14H15FO2. The predicted molar refractivity (Wildman–Crippen MR) is 63.3 cm³/mol. The van der Waals surface area contributed by atoms with Gasteiger partial charge >= 0.3 is 5.97 Å². The van der Waals surface area contributed by atoms with Crippen LogP contribution in [-0.2, 0) is 4.79 Å². The Balaban J connectivity index is 2.35. The first-order valence-electron chi connectivity index (χ1n) is 5.86. The van der Waals surface area contributed by atoms with E-state index in [0.29, 0.717) is 5.56 Å². The van der Waals surface area contributed by atoms with E-state index in [1.54, 1.807) is 18.2 Å². The van der Waals surface area contributed by atoms with Crippen molar-refractivity contribution in [3.8, 4) is 0 Å². The second kappa shape index (κ2) is 5.13. The third-order valence-electron chi connectivity index (χ3n) is 3.25. The number of allylic oxidation sites excluding steroid dienone is 1. The summed E-state index contributed by atoms with van der Waals surface area (Å²) in [5.41, 5.74) is 1.47. The zero-order valence-electron chi connectivity index (χ0n) is 9.53. The van der Waals surface area contributed by atoms with Gasteiger partial charge in [-0.2, -0.15) is 0 Å². The zero-order chi connectivity index (χ0) is 12.3. The lowest BCUT2D eigenvalue weighted by molar-refractivity contribution is -0.131. The summed E-state index contributed by atoms with van der Waals surface area (Å²) in [6.07, 6.45) is 4.85. The monoisotopic (exact) mass is 234 g/mol. The van der Waals surface area contributed by atoms with Crippen molar-refractivity contribution in [1.82, 2.24) is 0 Å². The molecular weight excluding hydrogens is 219 g/mol. The Morgan fingerprint density at radius 2 is 2.12 bits per heavy atom. The maximum Gasteiger partial charge on any atom is 0.328 e. The molecule has 0 saturated heterocycles. The van der Waals surface area contributed by atoms with Gasteiger partial charge in [0.15, 0.2) is 0 Å². The molecule has 1 aromatic carbocycles. The van der Waals surface area contributed by atoms with Crippen molar-refractivity contribution in [1.29, 1.82) is 0 Å². The highest BCUT2D eigenvalue weighted by molar-refractivity contribution is 5.81. The molecule has 1 N–H and O–H groups in total. The first kappa shape index (κ1) is 11.8. The van der Waals surface area contributed by atoms with E-state index in [9.17, 15) is 9.18 Å². The molecule has 0 spiro atoms. The normalized spacial score (nSPS) is 22.6. The average molecular weight is 234 g/mol. The highest BCUT2D eigenvalue weighted by atomic mass is 19.1. The summed E-state index contributed by atoms with van der Waals surface area (Å²) in [6.45, 7) is 0. The Morgan fingerprint density at radius 3 is 2.82 bits per heavy atom. The van der Waals surface area contributed by atoms with Crippen molar-refractivity contribution in [3.05, 3.63) is 47.3 Å². The first-order chi connectivity index (χ1) is 8.18. The van der Waals surface area contributed by atoms with Crippen molar-refractivity contribution in [3.63, 3.8) is 0 Å². The van der Waals surface area contributed by atoms with Gasteiger partial charge in [0.1, 0.15) is 5.82 Å². The van der Waals surface area contributed by atoms with E-state index >= 15 is 0 Å². The third kappa shape index (κ3) is 2.73. The van der Waals surface area contributed by atoms with Crippen LogP contribution in [0, 0.1) is 5.82 Å². The van der Waals surface area contributed by atoms with E-state index in [1.807, 2.05) is 0 Å². The molecule has 1 fully saturated rings. The van der Waals surface area contributed by atoms with Crippen LogP contribution in [-0.4, -0.2) is 11.1 Å². The van der Waals surface area contributed by atoms with Gasteiger partial charge in [-0.25, -0.2) is 9.18 Å². The number of halogens is 1. The number of carbonyl (C=O) groups is 1. The van der Waals surface area contributed by atoms with Gasteiger partial charge in [-0.15, -0.1) is 0 Å². The minimum Gasteiger partial charge on any atom is -0.478 e. The molecule has 90 valence electrons. The first-order valence-corrected chi connectivity index (χ1v) is 5.86. The number of rotatable bonds is 2. The SMILES string of the molecule is O=C(O)/C=C1\CCCCC1c1ccccc1F. The Morgan fingerprint density at radius 1 is 1.35 bits per heavy atom. The van der Waals surface area contributed by atoms with Gasteiger partial charge in [0.05, 0.1) is 0 Å². The molecule has 1 atom stereocenters. The fourth-order valence-electron chi connectivity index (χ4n) is 2.48. The second-order valence-electron chi connectivity index (χ2n) is 4.38. The molecule has 1 aliphatic rings. The Bertz CT molecular complexity index is 451. The molecule has 0 bridgehead atoms. The van der Waals surface area contributed by atoms with Gasteiger partial charge in [-0.1, -0.05) is 30.2 Å². The molecule has 1 unspecified atom stereocenters. The van der Waals surface area contributed by atoms with Gasteiger partial charge in [0.25, 0.3) is 0 Å². The zero-order valence-corrected chi connectivity index (χ0v) is 9.53. The molecule has 3 heteroatoms. The van der Waals surface area contributed by atoms with Crippen molar-refractivity contribution in [2.75, 3.05) is 0 Å². The van der Waals surface area contributed by atoms with Crippen LogP contribution in [0.25, 0.3) is 0 Å². The summed E-state index contributed by atoms with van der Waals surface area (Å²) in [7, 11) is 0. The molecule has 17 heavy (non-hydrogen) atoms. The van der Waals surface area contributed by atoms with Gasteiger partial charge in [-0.05, 0) is 30.9 Å². The lowest BCUT2D eigenvalue weighted by Crippen LogP contribution is -2.11. The Hall–Kier alpha value is -1.64. The number of aliphatic carboxylic acids is 1. The number of carboxylic acid groups (broad SMARTS) is 1. The van der Waals surface area contributed by atoms with Crippen LogP contribution < -0.4 is 0 Å². The van der Waals surface area contributed by atoms with E-state index in [1.165, 1.54) is 12.1 Å². The van der Waals surface area contributed by atoms with Crippen molar-refractivity contribution >= 4 is 5.97 Å². The van der Waals surface area contributed by atoms with Gasteiger partial charge < -0.3 is 5.11 Å². The summed E-state index contributed by atoms with van der Waals surface area (Å²) in [6, 6.07) is 6.64. The standard InChI is InChI=1S/C14H15FO2/c15-13-8-4-3-7-12(13)11-6-2-1-5-10(11)9-14(16)17/h3-4,7-9,11H,1-2,5-6H2,(H,16,17)/b10-9+. The van der Waals surface area contributed by atoms with Crippen LogP contribution in [0.1, 0.15) is 37.2 Å². The quantitative estimate of drug-likeness (QED) is 0.795.